The van der Waals surface area contributed by atoms with Gasteiger partial charge in [0.15, 0.2) is 0 Å². The standard InChI is InChI=1S/C23H26N2/c1-4-10-20(11-5-1)16-23(25-18-22-14-8-3-9-15-22)19-24-17-21-12-6-2-7-13-21/h1-15,23-25H,16-19H2/t23-/m0/s1. The molecule has 0 aliphatic heterocycles. The molecule has 0 aliphatic rings. The van der Waals surface area contributed by atoms with Crippen LogP contribution in [0.2, 0.25) is 0 Å². The molecule has 25 heavy (non-hydrogen) atoms. The molecule has 2 heteroatoms. The Morgan fingerprint density at radius 2 is 1.04 bits per heavy atom. The van der Waals surface area contributed by atoms with Crippen molar-refractivity contribution in [2.24, 2.45) is 0 Å². The highest BCUT2D eigenvalue weighted by atomic mass is 15.0. The van der Waals surface area contributed by atoms with Gasteiger partial charge in [-0.15, -0.1) is 0 Å². The molecule has 3 aromatic carbocycles. The average molecular weight is 330 g/mol. The van der Waals surface area contributed by atoms with Crippen molar-refractivity contribution in [2.75, 3.05) is 6.54 Å². The van der Waals surface area contributed by atoms with E-state index in [0.29, 0.717) is 6.04 Å². The molecule has 0 fully saturated rings. The van der Waals surface area contributed by atoms with Crippen LogP contribution in [0.5, 0.6) is 0 Å². The molecular formula is C23H26N2. The van der Waals surface area contributed by atoms with Crippen molar-refractivity contribution >= 4 is 0 Å². The van der Waals surface area contributed by atoms with E-state index >= 15 is 0 Å². The van der Waals surface area contributed by atoms with E-state index in [9.17, 15) is 0 Å². The van der Waals surface area contributed by atoms with Gasteiger partial charge in [0.1, 0.15) is 0 Å². The average Bonchev–Trinajstić information content (AvgIpc) is 2.68. The topological polar surface area (TPSA) is 24.1 Å². The molecule has 0 aliphatic carbocycles. The van der Waals surface area contributed by atoms with Crippen LogP contribution >= 0.6 is 0 Å². The fourth-order valence-electron chi connectivity index (χ4n) is 2.96. The van der Waals surface area contributed by atoms with Crippen LogP contribution in [0.25, 0.3) is 0 Å². The summed E-state index contributed by atoms with van der Waals surface area (Å²) in [4.78, 5) is 0. The molecule has 0 aromatic heterocycles. The Labute approximate surface area is 150 Å². The highest BCUT2D eigenvalue weighted by molar-refractivity contribution is 5.18. The fourth-order valence-corrected chi connectivity index (χ4v) is 2.96. The molecule has 0 spiro atoms. The lowest BCUT2D eigenvalue weighted by molar-refractivity contribution is 0.469. The van der Waals surface area contributed by atoms with Gasteiger partial charge in [0.2, 0.25) is 0 Å². The second kappa shape index (κ2) is 9.77. The van der Waals surface area contributed by atoms with Gasteiger partial charge in [-0.1, -0.05) is 91.0 Å². The molecule has 2 nitrogen and oxygen atoms in total. The summed E-state index contributed by atoms with van der Waals surface area (Å²) >= 11 is 0. The van der Waals surface area contributed by atoms with Crippen molar-refractivity contribution in [3.05, 3.63) is 108 Å². The Kier molecular flexibility index (Phi) is 6.80. The third-order valence-corrected chi connectivity index (χ3v) is 4.33. The van der Waals surface area contributed by atoms with Crippen molar-refractivity contribution < 1.29 is 0 Å². The van der Waals surface area contributed by atoms with Gasteiger partial charge in [0.05, 0.1) is 0 Å². The Hall–Kier alpha value is -2.42. The molecule has 3 rings (SSSR count). The Morgan fingerprint density at radius 3 is 1.60 bits per heavy atom. The monoisotopic (exact) mass is 330 g/mol. The van der Waals surface area contributed by atoms with E-state index in [2.05, 4.69) is 102 Å². The summed E-state index contributed by atoms with van der Waals surface area (Å²) in [6, 6.07) is 32.3. The maximum Gasteiger partial charge on any atom is 0.0236 e. The SMILES string of the molecule is c1ccc(CNC[C@H](Cc2ccccc2)NCc2ccccc2)cc1. The van der Waals surface area contributed by atoms with Gasteiger partial charge in [-0.05, 0) is 23.1 Å². The van der Waals surface area contributed by atoms with E-state index in [-0.39, 0.29) is 0 Å². The fraction of sp³-hybridized carbons (Fsp3) is 0.217. The first-order valence-corrected chi connectivity index (χ1v) is 8.96. The van der Waals surface area contributed by atoms with Crippen LogP contribution < -0.4 is 10.6 Å². The lowest BCUT2D eigenvalue weighted by Crippen LogP contribution is -2.39. The molecule has 0 saturated carbocycles. The molecule has 3 aromatic rings. The van der Waals surface area contributed by atoms with Gasteiger partial charge < -0.3 is 10.6 Å². The van der Waals surface area contributed by atoms with Crippen molar-refractivity contribution in [1.29, 1.82) is 0 Å². The molecule has 0 amide bonds. The van der Waals surface area contributed by atoms with Crippen LogP contribution in [0, 0.1) is 0 Å². The minimum absolute atomic E-state index is 0.395. The molecule has 0 radical (unpaired) electrons. The van der Waals surface area contributed by atoms with Crippen LogP contribution in [0.1, 0.15) is 16.7 Å². The van der Waals surface area contributed by atoms with Crippen LogP contribution in [0.15, 0.2) is 91.0 Å². The van der Waals surface area contributed by atoms with Crippen LogP contribution in [0.3, 0.4) is 0 Å². The second-order valence-electron chi connectivity index (χ2n) is 6.37. The van der Waals surface area contributed by atoms with Crippen LogP contribution in [-0.4, -0.2) is 12.6 Å². The number of hydrogen-bond donors (Lipinski definition) is 2. The lowest BCUT2D eigenvalue weighted by Gasteiger charge is -2.20. The van der Waals surface area contributed by atoms with Gasteiger partial charge in [0, 0.05) is 25.7 Å². The van der Waals surface area contributed by atoms with Gasteiger partial charge in [-0.25, -0.2) is 0 Å². The zero-order valence-electron chi connectivity index (χ0n) is 14.6. The molecular weight excluding hydrogens is 304 g/mol. The number of nitrogens with one attached hydrogen (secondary N) is 2. The molecule has 0 unspecified atom stereocenters. The summed E-state index contributed by atoms with van der Waals surface area (Å²) in [6.45, 7) is 2.74. The summed E-state index contributed by atoms with van der Waals surface area (Å²) in [5.74, 6) is 0. The molecule has 0 heterocycles. The predicted octanol–water partition coefficient (Wildman–Crippen LogP) is 4.18. The largest absolute Gasteiger partial charge is 0.311 e. The zero-order valence-corrected chi connectivity index (χ0v) is 14.6. The van der Waals surface area contributed by atoms with Crippen LogP contribution in [0.4, 0.5) is 0 Å². The van der Waals surface area contributed by atoms with Crippen molar-refractivity contribution in [2.45, 2.75) is 25.6 Å². The van der Waals surface area contributed by atoms with E-state index in [0.717, 1.165) is 26.1 Å². The Morgan fingerprint density at radius 1 is 0.560 bits per heavy atom. The van der Waals surface area contributed by atoms with E-state index < -0.39 is 0 Å². The molecule has 2 N–H and O–H groups in total. The first kappa shape index (κ1) is 17.4. The normalized spacial score (nSPS) is 12.0. The quantitative estimate of drug-likeness (QED) is 0.615. The van der Waals surface area contributed by atoms with Gasteiger partial charge in [-0.2, -0.15) is 0 Å². The highest BCUT2D eigenvalue weighted by Gasteiger charge is 2.09. The van der Waals surface area contributed by atoms with E-state index in [1.165, 1.54) is 16.7 Å². The summed E-state index contributed by atoms with van der Waals surface area (Å²) in [5.41, 5.74) is 4.02. The van der Waals surface area contributed by atoms with Crippen molar-refractivity contribution in [3.8, 4) is 0 Å². The van der Waals surface area contributed by atoms with Gasteiger partial charge >= 0.3 is 0 Å². The summed E-state index contributed by atoms with van der Waals surface area (Å²) in [5, 5.41) is 7.30. The third-order valence-electron chi connectivity index (χ3n) is 4.33. The second-order valence-corrected chi connectivity index (χ2v) is 6.37. The molecule has 0 saturated heterocycles. The third kappa shape index (κ3) is 6.18. The summed E-state index contributed by atoms with van der Waals surface area (Å²) in [6.07, 6.45) is 1.02. The Bertz CT molecular complexity index is 711. The lowest BCUT2D eigenvalue weighted by atomic mass is 10.1. The minimum Gasteiger partial charge on any atom is -0.311 e. The van der Waals surface area contributed by atoms with E-state index in [4.69, 9.17) is 0 Å². The van der Waals surface area contributed by atoms with E-state index in [1.807, 2.05) is 0 Å². The summed E-state index contributed by atoms with van der Waals surface area (Å²) < 4.78 is 0. The van der Waals surface area contributed by atoms with Crippen molar-refractivity contribution in [3.63, 3.8) is 0 Å². The Balaban J connectivity index is 1.55. The molecule has 128 valence electrons. The van der Waals surface area contributed by atoms with Crippen molar-refractivity contribution in [1.82, 2.24) is 10.6 Å². The summed E-state index contributed by atoms with van der Waals surface area (Å²) in [7, 11) is 0. The number of benzene rings is 3. The minimum atomic E-state index is 0.395. The zero-order chi connectivity index (χ0) is 17.2. The maximum atomic E-state index is 3.71. The predicted molar refractivity (Wildman–Crippen MR) is 105 cm³/mol. The highest BCUT2D eigenvalue weighted by Crippen LogP contribution is 2.05. The molecule has 0 bridgehead atoms. The number of hydrogen-bond acceptors (Lipinski definition) is 2. The first-order chi connectivity index (χ1) is 12.4. The van der Waals surface area contributed by atoms with E-state index in [1.54, 1.807) is 0 Å². The number of rotatable bonds is 9. The molecule has 1 atom stereocenters. The van der Waals surface area contributed by atoms with Gasteiger partial charge in [0.25, 0.3) is 0 Å². The van der Waals surface area contributed by atoms with Crippen LogP contribution in [-0.2, 0) is 19.5 Å². The smallest absolute Gasteiger partial charge is 0.0236 e. The maximum absolute atomic E-state index is 3.71. The first-order valence-electron chi connectivity index (χ1n) is 8.96. The van der Waals surface area contributed by atoms with Gasteiger partial charge in [-0.3, -0.25) is 0 Å².